The molecule has 2 N–H and O–H groups in total. The highest BCUT2D eigenvalue weighted by Crippen LogP contribution is 2.33. The topological polar surface area (TPSA) is 87.7 Å². The maximum atomic E-state index is 14.5. The van der Waals surface area contributed by atoms with Crippen molar-refractivity contribution in [1.29, 1.82) is 0 Å². The molecule has 2 unspecified atom stereocenters. The van der Waals surface area contributed by atoms with E-state index in [9.17, 15) is 14.4 Å². The number of hydrogen-bond donors (Lipinski definition) is 2. The van der Waals surface area contributed by atoms with Crippen molar-refractivity contribution in [3.05, 3.63) is 63.7 Å². The molecule has 0 saturated carbocycles. The highest BCUT2D eigenvalue weighted by atomic mass is 35.5. The summed E-state index contributed by atoms with van der Waals surface area (Å²) < 4.78 is 5.51. The molecule has 232 valence electrons. The van der Waals surface area contributed by atoms with Crippen LogP contribution in [0.2, 0.25) is 5.02 Å². The molecule has 0 aliphatic rings. The van der Waals surface area contributed by atoms with Crippen LogP contribution in [-0.2, 0) is 14.3 Å². The molecular weight excluding hydrogens is 550 g/mol. The second kappa shape index (κ2) is 16.0. The van der Waals surface area contributed by atoms with Crippen molar-refractivity contribution in [2.75, 3.05) is 11.9 Å². The lowest BCUT2D eigenvalue weighted by Crippen LogP contribution is -2.53. The molecule has 0 aliphatic heterocycles. The predicted molar refractivity (Wildman–Crippen MR) is 172 cm³/mol. The molecule has 0 spiro atoms. The molecule has 8 heteroatoms. The lowest BCUT2D eigenvalue weighted by Gasteiger charge is -2.36. The van der Waals surface area contributed by atoms with E-state index in [1.54, 1.807) is 31.7 Å². The van der Waals surface area contributed by atoms with Gasteiger partial charge in [0.1, 0.15) is 17.7 Å². The first kappa shape index (κ1) is 35.1. The Balaban J connectivity index is 2.66. The molecular formula is C34H50ClN3O4. The summed E-state index contributed by atoms with van der Waals surface area (Å²) in [5.41, 5.74) is 3.19. The number of hydrogen-bond acceptors (Lipinski definition) is 4. The molecule has 0 fully saturated rings. The summed E-state index contributed by atoms with van der Waals surface area (Å²) in [5.74, 6) is -0.563. The summed E-state index contributed by atoms with van der Waals surface area (Å²) in [6.07, 6.45) is 3.43. The van der Waals surface area contributed by atoms with Gasteiger partial charge in [0.15, 0.2) is 0 Å². The van der Waals surface area contributed by atoms with Crippen molar-refractivity contribution < 1.29 is 19.1 Å². The number of anilines is 1. The first-order valence-corrected chi connectivity index (χ1v) is 15.5. The third kappa shape index (κ3) is 10.3. The minimum Gasteiger partial charge on any atom is -0.444 e. The Bertz CT molecular complexity index is 1180. The number of benzene rings is 2. The zero-order valence-corrected chi connectivity index (χ0v) is 27.7. The van der Waals surface area contributed by atoms with Crippen molar-refractivity contribution in [3.8, 4) is 0 Å². The minimum atomic E-state index is -0.939. The fourth-order valence-corrected chi connectivity index (χ4v) is 5.36. The molecule has 7 nitrogen and oxygen atoms in total. The average Bonchev–Trinajstić information content (AvgIpc) is 2.87. The van der Waals surface area contributed by atoms with Crippen LogP contribution in [0.1, 0.15) is 102 Å². The SMILES string of the molecule is CCCCCCN(C(=O)C(CC(C)C)NC(=O)OC(C)(C)C)C(C(=O)Nc1c(C)cccc1Cl)c1c(C)cccc1C. The van der Waals surface area contributed by atoms with Crippen molar-refractivity contribution in [2.45, 2.75) is 112 Å². The van der Waals surface area contributed by atoms with E-state index in [0.717, 1.165) is 47.9 Å². The number of rotatable bonds is 13. The number of carbonyl (C=O) groups is 3. The fourth-order valence-electron chi connectivity index (χ4n) is 5.09. The Hall–Kier alpha value is -3.06. The normalized spacial score (nSPS) is 12.9. The second-order valence-corrected chi connectivity index (χ2v) is 13.0. The van der Waals surface area contributed by atoms with Crippen molar-refractivity contribution in [1.82, 2.24) is 10.2 Å². The van der Waals surface area contributed by atoms with E-state index in [1.807, 2.05) is 65.0 Å². The summed E-state index contributed by atoms with van der Waals surface area (Å²) in [5, 5.41) is 6.29. The third-order valence-electron chi connectivity index (χ3n) is 7.08. The van der Waals surface area contributed by atoms with Crippen LogP contribution in [0.4, 0.5) is 10.5 Å². The minimum absolute atomic E-state index is 0.106. The van der Waals surface area contributed by atoms with E-state index in [0.29, 0.717) is 23.7 Å². The maximum Gasteiger partial charge on any atom is 0.408 e. The number of carbonyl (C=O) groups excluding carboxylic acids is 3. The Kier molecular flexibility index (Phi) is 13.4. The summed E-state index contributed by atoms with van der Waals surface area (Å²) >= 11 is 6.51. The van der Waals surface area contributed by atoms with Crippen LogP contribution >= 0.6 is 11.6 Å². The molecule has 2 rings (SSSR count). The van der Waals surface area contributed by atoms with Gasteiger partial charge in [-0.15, -0.1) is 0 Å². The number of amides is 3. The van der Waals surface area contributed by atoms with Gasteiger partial charge in [0.05, 0.1) is 10.7 Å². The summed E-state index contributed by atoms with van der Waals surface area (Å²) in [7, 11) is 0. The molecule has 0 heterocycles. The van der Waals surface area contributed by atoms with Crippen LogP contribution in [-0.4, -0.2) is 41.0 Å². The van der Waals surface area contributed by atoms with Crippen LogP contribution in [0.25, 0.3) is 0 Å². The molecule has 2 aromatic rings. The molecule has 0 aromatic heterocycles. The van der Waals surface area contributed by atoms with E-state index in [1.165, 1.54) is 0 Å². The van der Waals surface area contributed by atoms with Gasteiger partial charge in [-0.05, 0) is 88.6 Å². The zero-order valence-electron chi connectivity index (χ0n) is 26.9. The molecule has 0 aliphatic carbocycles. The van der Waals surface area contributed by atoms with Crippen LogP contribution < -0.4 is 10.6 Å². The first-order valence-electron chi connectivity index (χ1n) is 15.1. The second-order valence-electron chi connectivity index (χ2n) is 12.5. The standard InChI is InChI=1S/C34H50ClN3O4/c1-10-11-12-13-20-38(32(40)27(21-22(2)3)36-33(41)42-34(7,8)9)30(28-23(4)16-14-17-24(28)5)31(39)37-29-25(6)18-15-19-26(29)35/h14-19,22,27,30H,10-13,20-21H2,1-9H3,(H,36,41)(H,37,39). The summed E-state index contributed by atoms with van der Waals surface area (Å²) in [4.78, 5) is 43.4. The molecule has 3 amide bonds. The van der Waals surface area contributed by atoms with Gasteiger partial charge in [-0.2, -0.15) is 0 Å². The number of nitrogens with one attached hydrogen (secondary N) is 2. The zero-order chi connectivity index (χ0) is 31.6. The maximum absolute atomic E-state index is 14.5. The number of para-hydroxylation sites is 1. The highest BCUT2D eigenvalue weighted by Gasteiger charge is 2.38. The van der Waals surface area contributed by atoms with Gasteiger partial charge in [-0.25, -0.2) is 4.79 Å². The number of unbranched alkanes of at least 4 members (excludes halogenated alkanes) is 3. The van der Waals surface area contributed by atoms with Crippen LogP contribution in [0.3, 0.4) is 0 Å². The highest BCUT2D eigenvalue weighted by molar-refractivity contribution is 6.34. The third-order valence-corrected chi connectivity index (χ3v) is 7.39. The largest absolute Gasteiger partial charge is 0.444 e. The van der Waals surface area contributed by atoms with E-state index in [4.69, 9.17) is 16.3 Å². The molecule has 42 heavy (non-hydrogen) atoms. The number of halogens is 1. The van der Waals surface area contributed by atoms with Gasteiger partial charge in [-0.3, -0.25) is 9.59 Å². The number of nitrogens with zero attached hydrogens (tertiary/aromatic N) is 1. The van der Waals surface area contributed by atoms with Gasteiger partial charge in [0, 0.05) is 6.54 Å². The Morgan fingerprint density at radius 1 is 0.929 bits per heavy atom. The molecule has 0 bridgehead atoms. The molecule has 2 atom stereocenters. The number of alkyl carbamates (subject to hydrolysis) is 1. The van der Waals surface area contributed by atoms with E-state index in [-0.39, 0.29) is 17.7 Å². The van der Waals surface area contributed by atoms with Crippen LogP contribution in [0.5, 0.6) is 0 Å². The lowest BCUT2D eigenvalue weighted by molar-refractivity contribution is -0.141. The smallest absolute Gasteiger partial charge is 0.408 e. The number of aryl methyl sites for hydroxylation is 3. The van der Waals surface area contributed by atoms with Crippen LogP contribution in [0.15, 0.2) is 36.4 Å². The van der Waals surface area contributed by atoms with Crippen molar-refractivity contribution >= 4 is 35.2 Å². The van der Waals surface area contributed by atoms with E-state index >= 15 is 0 Å². The summed E-state index contributed by atoms with van der Waals surface area (Å²) in [6, 6.07) is 9.49. The van der Waals surface area contributed by atoms with Gasteiger partial charge in [0.25, 0.3) is 5.91 Å². The van der Waals surface area contributed by atoms with Gasteiger partial charge in [-0.1, -0.05) is 82.0 Å². The predicted octanol–water partition coefficient (Wildman–Crippen LogP) is 8.29. The monoisotopic (exact) mass is 599 g/mol. The first-order chi connectivity index (χ1) is 19.7. The van der Waals surface area contributed by atoms with E-state index < -0.39 is 23.8 Å². The summed E-state index contributed by atoms with van der Waals surface area (Å²) in [6.45, 7) is 17.6. The Morgan fingerprint density at radius 3 is 2.07 bits per heavy atom. The van der Waals surface area contributed by atoms with E-state index in [2.05, 4.69) is 17.6 Å². The average molecular weight is 600 g/mol. The van der Waals surface area contributed by atoms with Crippen molar-refractivity contribution in [3.63, 3.8) is 0 Å². The lowest BCUT2D eigenvalue weighted by atomic mass is 9.92. The number of ether oxygens (including phenoxy) is 1. The van der Waals surface area contributed by atoms with Gasteiger partial charge >= 0.3 is 6.09 Å². The van der Waals surface area contributed by atoms with Gasteiger partial charge < -0.3 is 20.3 Å². The quantitative estimate of drug-likeness (QED) is 0.227. The Labute approximate surface area is 257 Å². The molecule has 0 saturated heterocycles. The van der Waals surface area contributed by atoms with Gasteiger partial charge in [0.2, 0.25) is 5.91 Å². The molecule has 2 aromatic carbocycles. The van der Waals surface area contributed by atoms with Crippen molar-refractivity contribution in [2.24, 2.45) is 5.92 Å². The Morgan fingerprint density at radius 2 is 1.52 bits per heavy atom. The van der Waals surface area contributed by atoms with Crippen LogP contribution in [0, 0.1) is 26.7 Å². The fraction of sp³-hybridized carbons (Fsp3) is 0.559. The molecule has 0 radical (unpaired) electrons.